The highest BCUT2D eigenvalue weighted by Crippen LogP contribution is 2.48. The van der Waals surface area contributed by atoms with Gasteiger partial charge in [0.15, 0.2) is 16.7 Å². The van der Waals surface area contributed by atoms with E-state index >= 15 is 0 Å². The molecule has 0 bridgehead atoms. The standard InChI is InChI=1S/C23H21ClN8O2/c1-32-10-13(8-28-32)14-7-15(14)23(33)29-18-6-12-4-11(5-17(25)19(12)31-30-18)16-9-27-22(24)20-21(16)34-3-2-26-20/h4-6,8-10,14-15,26H,2-3,7,25H2,1H3,(H,29,30,33)/t14-,15+/m1/s1. The Morgan fingerprint density at radius 2 is 2.18 bits per heavy atom. The predicted molar refractivity (Wildman–Crippen MR) is 129 cm³/mol. The number of pyridine rings is 1. The van der Waals surface area contributed by atoms with Gasteiger partial charge in [-0.05, 0) is 41.7 Å². The summed E-state index contributed by atoms with van der Waals surface area (Å²) >= 11 is 6.24. The van der Waals surface area contributed by atoms with Gasteiger partial charge in [-0.3, -0.25) is 9.48 Å². The van der Waals surface area contributed by atoms with Crippen LogP contribution in [0.4, 0.5) is 17.2 Å². The van der Waals surface area contributed by atoms with Crippen molar-refractivity contribution in [2.75, 3.05) is 29.5 Å². The first-order valence-corrected chi connectivity index (χ1v) is 11.3. The summed E-state index contributed by atoms with van der Waals surface area (Å²) in [5.74, 6) is 1.01. The average molecular weight is 477 g/mol. The Morgan fingerprint density at radius 1 is 1.29 bits per heavy atom. The van der Waals surface area contributed by atoms with Crippen LogP contribution in [0.1, 0.15) is 17.9 Å². The van der Waals surface area contributed by atoms with E-state index < -0.39 is 0 Å². The molecule has 34 heavy (non-hydrogen) atoms. The summed E-state index contributed by atoms with van der Waals surface area (Å²) in [4.78, 5) is 17.1. The van der Waals surface area contributed by atoms with Crippen LogP contribution in [-0.4, -0.2) is 44.0 Å². The Morgan fingerprint density at radius 3 is 3.00 bits per heavy atom. The third-order valence-corrected chi connectivity index (χ3v) is 6.48. The number of hydrogen-bond acceptors (Lipinski definition) is 8. The van der Waals surface area contributed by atoms with Crippen LogP contribution in [0.3, 0.4) is 0 Å². The quantitative estimate of drug-likeness (QED) is 0.302. The normalized spacial score (nSPS) is 18.6. The summed E-state index contributed by atoms with van der Waals surface area (Å²) in [5, 5.41) is 19.8. The molecule has 4 aromatic rings. The number of carbonyl (C=O) groups excluding carboxylic acids is 1. The molecule has 1 aliphatic heterocycles. The monoisotopic (exact) mass is 476 g/mol. The van der Waals surface area contributed by atoms with E-state index in [2.05, 4.69) is 30.9 Å². The van der Waals surface area contributed by atoms with Crippen molar-refractivity contribution in [3.8, 4) is 16.9 Å². The van der Waals surface area contributed by atoms with E-state index in [9.17, 15) is 4.79 Å². The number of rotatable bonds is 4. The minimum absolute atomic E-state index is 0.0814. The molecule has 6 rings (SSSR count). The molecule has 0 saturated heterocycles. The molecule has 10 nitrogen and oxygen atoms in total. The fourth-order valence-electron chi connectivity index (χ4n) is 4.42. The van der Waals surface area contributed by atoms with Gasteiger partial charge in [0, 0.05) is 42.9 Å². The first-order valence-electron chi connectivity index (χ1n) is 10.9. The topological polar surface area (TPSA) is 133 Å². The fourth-order valence-corrected chi connectivity index (χ4v) is 4.62. The predicted octanol–water partition coefficient (Wildman–Crippen LogP) is 3.21. The molecular formula is C23H21ClN8O2. The number of halogens is 1. The SMILES string of the molecule is Cn1cc([C@H]2C[C@@H]2C(=O)Nc2cc3cc(-c4cnc(Cl)c5c4OCCN5)cc(N)c3nn2)cn1. The van der Waals surface area contributed by atoms with Crippen LogP contribution in [-0.2, 0) is 11.8 Å². The van der Waals surface area contributed by atoms with Crippen molar-refractivity contribution in [2.45, 2.75) is 12.3 Å². The highest BCUT2D eigenvalue weighted by molar-refractivity contribution is 6.32. The molecule has 172 valence electrons. The Labute approximate surface area is 199 Å². The van der Waals surface area contributed by atoms with Gasteiger partial charge in [0.1, 0.15) is 17.8 Å². The second kappa shape index (κ2) is 7.84. The zero-order chi connectivity index (χ0) is 23.4. The molecule has 0 radical (unpaired) electrons. The molecule has 1 aliphatic carbocycles. The third-order valence-electron chi connectivity index (χ3n) is 6.20. The van der Waals surface area contributed by atoms with Gasteiger partial charge in [-0.2, -0.15) is 5.10 Å². The number of nitrogens with two attached hydrogens (primary N) is 1. The largest absolute Gasteiger partial charge is 0.489 e. The highest BCUT2D eigenvalue weighted by Gasteiger charge is 2.44. The van der Waals surface area contributed by atoms with E-state index in [1.54, 1.807) is 23.0 Å². The number of nitrogens with one attached hydrogen (secondary N) is 2. The molecule has 1 aromatic carbocycles. The molecule has 2 atom stereocenters. The van der Waals surface area contributed by atoms with Crippen molar-refractivity contribution in [3.05, 3.63) is 47.5 Å². The minimum Gasteiger partial charge on any atom is -0.489 e. The van der Waals surface area contributed by atoms with Gasteiger partial charge in [-0.1, -0.05) is 11.6 Å². The Balaban J connectivity index is 1.30. The second-order valence-electron chi connectivity index (χ2n) is 8.56. The number of carbonyl (C=O) groups is 1. The van der Waals surface area contributed by atoms with Crippen molar-refractivity contribution in [2.24, 2.45) is 13.0 Å². The van der Waals surface area contributed by atoms with Gasteiger partial charge < -0.3 is 21.1 Å². The molecule has 0 spiro atoms. The van der Waals surface area contributed by atoms with Gasteiger partial charge in [-0.25, -0.2) is 4.98 Å². The lowest BCUT2D eigenvalue weighted by molar-refractivity contribution is -0.117. The zero-order valence-corrected chi connectivity index (χ0v) is 19.0. The second-order valence-corrected chi connectivity index (χ2v) is 8.92. The molecule has 11 heteroatoms. The molecule has 4 heterocycles. The number of benzene rings is 1. The van der Waals surface area contributed by atoms with Crippen LogP contribution in [0.5, 0.6) is 5.75 Å². The van der Waals surface area contributed by atoms with Crippen LogP contribution in [0.15, 0.2) is 36.8 Å². The number of fused-ring (bicyclic) bond motifs is 2. The van der Waals surface area contributed by atoms with Crippen LogP contribution < -0.4 is 21.1 Å². The number of aryl methyl sites for hydroxylation is 1. The number of nitrogens with zero attached hydrogens (tertiary/aromatic N) is 5. The Bertz CT molecular complexity index is 1450. The molecular weight excluding hydrogens is 456 g/mol. The first-order chi connectivity index (χ1) is 16.5. The number of ether oxygens (including phenoxy) is 1. The molecule has 0 unspecified atom stereocenters. The molecule has 1 fully saturated rings. The average Bonchev–Trinajstić information content (AvgIpc) is 3.52. The first kappa shape index (κ1) is 20.7. The van der Waals surface area contributed by atoms with E-state index in [0.717, 1.165) is 28.5 Å². The summed E-state index contributed by atoms with van der Waals surface area (Å²) in [6.07, 6.45) is 6.21. The number of hydrogen-bond donors (Lipinski definition) is 3. The Hall–Kier alpha value is -3.92. The number of nitrogen functional groups attached to an aromatic ring is 1. The van der Waals surface area contributed by atoms with Crippen molar-refractivity contribution in [1.82, 2.24) is 25.0 Å². The van der Waals surface area contributed by atoms with Gasteiger partial charge in [0.25, 0.3) is 0 Å². The van der Waals surface area contributed by atoms with Crippen molar-refractivity contribution < 1.29 is 9.53 Å². The van der Waals surface area contributed by atoms with Crippen molar-refractivity contribution in [1.29, 1.82) is 0 Å². The summed E-state index contributed by atoms with van der Waals surface area (Å²) < 4.78 is 7.62. The smallest absolute Gasteiger partial charge is 0.229 e. The molecule has 4 N–H and O–H groups in total. The fraction of sp³-hybridized carbons (Fsp3) is 0.261. The number of anilines is 3. The van der Waals surface area contributed by atoms with E-state index in [1.165, 1.54) is 0 Å². The molecule has 3 aromatic heterocycles. The molecule has 2 aliphatic rings. The van der Waals surface area contributed by atoms with Crippen LogP contribution in [0.25, 0.3) is 22.0 Å². The maximum atomic E-state index is 12.8. The summed E-state index contributed by atoms with van der Waals surface area (Å²) in [5.41, 5.74) is 10.6. The van der Waals surface area contributed by atoms with Crippen LogP contribution in [0.2, 0.25) is 5.15 Å². The lowest BCUT2D eigenvalue weighted by Gasteiger charge is -2.22. The summed E-state index contributed by atoms with van der Waals surface area (Å²) in [6, 6.07) is 5.51. The van der Waals surface area contributed by atoms with Crippen molar-refractivity contribution >= 4 is 45.6 Å². The zero-order valence-electron chi connectivity index (χ0n) is 18.2. The van der Waals surface area contributed by atoms with Crippen LogP contribution >= 0.6 is 11.6 Å². The maximum Gasteiger partial charge on any atom is 0.229 e. The van der Waals surface area contributed by atoms with Crippen LogP contribution in [0, 0.1) is 5.92 Å². The van der Waals surface area contributed by atoms with Gasteiger partial charge in [0.2, 0.25) is 5.91 Å². The summed E-state index contributed by atoms with van der Waals surface area (Å²) in [6.45, 7) is 1.17. The number of aromatic nitrogens is 5. The van der Waals surface area contributed by atoms with E-state index in [4.69, 9.17) is 22.1 Å². The van der Waals surface area contributed by atoms with Gasteiger partial charge >= 0.3 is 0 Å². The maximum absolute atomic E-state index is 12.8. The Kier molecular flexibility index (Phi) is 4.77. The molecule has 1 saturated carbocycles. The van der Waals surface area contributed by atoms with E-state index in [-0.39, 0.29) is 17.7 Å². The minimum atomic E-state index is -0.102. The third kappa shape index (κ3) is 3.56. The van der Waals surface area contributed by atoms with E-state index in [0.29, 0.717) is 46.8 Å². The highest BCUT2D eigenvalue weighted by atomic mass is 35.5. The lowest BCUT2D eigenvalue weighted by Crippen LogP contribution is -2.19. The molecule has 1 amide bonds. The lowest BCUT2D eigenvalue weighted by atomic mass is 10.0. The number of amides is 1. The van der Waals surface area contributed by atoms with E-state index in [1.807, 2.05) is 25.5 Å². The van der Waals surface area contributed by atoms with Crippen molar-refractivity contribution in [3.63, 3.8) is 0 Å². The van der Waals surface area contributed by atoms with Gasteiger partial charge in [0.05, 0.1) is 11.9 Å². The van der Waals surface area contributed by atoms with Gasteiger partial charge in [-0.15, -0.1) is 10.2 Å². The summed E-state index contributed by atoms with van der Waals surface area (Å²) in [7, 11) is 1.87.